The van der Waals surface area contributed by atoms with Gasteiger partial charge in [0.05, 0.1) is 17.1 Å². The zero-order valence-electron chi connectivity index (χ0n) is 15.1. The van der Waals surface area contributed by atoms with Crippen molar-refractivity contribution in [1.29, 1.82) is 0 Å². The van der Waals surface area contributed by atoms with E-state index in [1.807, 2.05) is 43.6 Å². The first-order valence-electron chi connectivity index (χ1n) is 8.82. The first-order valence-corrected chi connectivity index (χ1v) is 8.82. The van der Waals surface area contributed by atoms with Crippen LogP contribution in [0.25, 0.3) is 10.9 Å². The Balaban J connectivity index is 2.13. The first-order chi connectivity index (χ1) is 12.7. The number of para-hydroxylation sites is 1. The lowest BCUT2D eigenvalue weighted by Crippen LogP contribution is -2.24. The summed E-state index contributed by atoms with van der Waals surface area (Å²) in [6.45, 7) is 2.87. The van der Waals surface area contributed by atoms with Crippen molar-refractivity contribution in [3.63, 3.8) is 0 Å². The van der Waals surface area contributed by atoms with Crippen molar-refractivity contribution in [2.45, 2.75) is 19.4 Å². The van der Waals surface area contributed by atoms with E-state index >= 15 is 0 Å². The number of nitrogens with two attached hydrogens (primary N) is 1. The van der Waals surface area contributed by atoms with Crippen LogP contribution < -0.4 is 16.4 Å². The predicted molar refractivity (Wildman–Crippen MR) is 106 cm³/mol. The molecule has 0 spiro atoms. The number of nitrogens with one attached hydrogen (secondary N) is 2. The highest BCUT2D eigenvalue weighted by Crippen LogP contribution is 2.31. The number of benzene rings is 2. The van der Waals surface area contributed by atoms with E-state index in [1.54, 1.807) is 6.07 Å². The minimum absolute atomic E-state index is 0.0920. The van der Waals surface area contributed by atoms with Gasteiger partial charge in [-0.05, 0) is 30.7 Å². The summed E-state index contributed by atoms with van der Waals surface area (Å²) in [5, 5.41) is 7.83. The average molecular weight is 348 g/mol. The average Bonchev–Trinajstić information content (AvgIpc) is 2.67. The summed E-state index contributed by atoms with van der Waals surface area (Å²) in [6, 6.07) is 16.0. The van der Waals surface area contributed by atoms with Gasteiger partial charge in [0.2, 0.25) is 0 Å². The number of aromatic nitrogens is 1. The lowest BCUT2D eigenvalue weighted by molar-refractivity contribution is 0.100. The Kier molecular flexibility index (Phi) is 5.49. The largest absolute Gasteiger partial charge is 0.376 e. The molecule has 0 radical (unpaired) electrons. The smallest absolute Gasteiger partial charge is 0.250 e. The second-order valence-electron chi connectivity index (χ2n) is 6.24. The molecule has 0 aliphatic rings. The molecule has 1 amide bonds. The van der Waals surface area contributed by atoms with Crippen LogP contribution in [0.4, 0.5) is 5.69 Å². The van der Waals surface area contributed by atoms with Crippen molar-refractivity contribution < 1.29 is 4.79 Å². The molecule has 2 aromatic carbocycles. The molecule has 3 aromatic rings. The van der Waals surface area contributed by atoms with Gasteiger partial charge in [-0.1, -0.05) is 49.4 Å². The molecule has 3 rings (SSSR count). The van der Waals surface area contributed by atoms with Crippen LogP contribution in [-0.4, -0.2) is 24.5 Å². The number of hydrogen-bond acceptors (Lipinski definition) is 4. The van der Waals surface area contributed by atoms with Gasteiger partial charge in [-0.25, -0.2) is 0 Å². The number of fused-ring (bicyclic) bond motifs is 1. The third kappa shape index (κ3) is 3.53. The third-order valence-corrected chi connectivity index (χ3v) is 4.55. The third-order valence-electron chi connectivity index (χ3n) is 4.55. The van der Waals surface area contributed by atoms with Crippen LogP contribution in [-0.2, 0) is 6.42 Å². The molecule has 0 saturated heterocycles. The van der Waals surface area contributed by atoms with E-state index in [2.05, 4.69) is 34.7 Å². The van der Waals surface area contributed by atoms with E-state index < -0.39 is 5.91 Å². The van der Waals surface area contributed by atoms with Crippen LogP contribution in [0, 0.1) is 0 Å². The molecule has 134 valence electrons. The highest BCUT2D eigenvalue weighted by molar-refractivity contribution is 6.08. The Morgan fingerprint density at radius 1 is 1.15 bits per heavy atom. The lowest BCUT2D eigenvalue weighted by Gasteiger charge is -2.23. The Bertz CT molecular complexity index is 909. The van der Waals surface area contributed by atoms with Gasteiger partial charge >= 0.3 is 0 Å². The van der Waals surface area contributed by atoms with Gasteiger partial charge < -0.3 is 16.4 Å². The van der Waals surface area contributed by atoms with Crippen LogP contribution in [0.5, 0.6) is 0 Å². The quantitative estimate of drug-likeness (QED) is 0.612. The summed E-state index contributed by atoms with van der Waals surface area (Å²) in [6.07, 6.45) is 2.67. The summed E-state index contributed by atoms with van der Waals surface area (Å²) < 4.78 is 0. The molecule has 0 saturated carbocycles. The Hall–Kier alpha value is -2.92. The molecule has 5 heteroatoms. The highest BCUT2D eigenvalue weighted by atomic mass is 16.1. The molecule has 0 aliphatic heterocycles. The first kappa shape index (κ1) is 17.9. The number of primary amides is 1. The molecular formula is C21H24N4O. The fraction of sp³-hybridized carbons (Fsp3) is 0.238. The zero-order chi connectivity index (χ0) is 18.5. The lowest BCUT2D eigenvalue weighted by atomic mass is 10.0. The molecule has 1 unspecified atom stereocenters. The summed E-state index contributed by atoms with van der Waals surface area (Å²) >= 11 is 0. The van der Waals surface area contributed by atoms with Crippen LogP contribution in [0.15, 0.2) is 54.7 Å². The maximum absolute atomic E-state index is 11.8. The van der Waals surface area contributed by atoms with Crippen molar-refractivity contribution in [2.75, 3.05) is 18.9 Å². The van der Waals surface area contributed by atoms with Crippen LogP contribution >= 0.6 is 0 Å². The number of amides is 1. The van der Waals surface area contributed by atoms with Gasteiger partial charge in [-0.3, -0.25) is 9.78 Å². The van der Waals surface area contributed by atoms with E-state index in [0.29, 0.717) is 11.1 Å². The second kappa shape index (κ2) is 7.97. The van der Waals surface area contributed by atoms with E-state index in [-0.39, 0.29) is 6.04 Å². The van der Waals surface area contributed by atoms with Crippen LogP contribution in [0.2, 0.25) is 0 Å². The van der Waals surface area contributed by atoms with E-state index in [0.717, 1.165) is 29.6 Å². The fourth-order valence-electron chi connectivity index (χ4n) is 3.22. The number of carbonyl (C=O) groups is 1. The number of hydrogen-bond donors (Lipinski definition) is 3. The van der Waals surface area contributed by atoms with Gasteiger partial charge in [-0.15, -0.1) is 0 Å². The molecule has 0 bridgehead atoms. The van der Waals surface area contributed by atoms with E-state index in [9.17, 15) is 4.79 Å². The normalized spacial score (nSPS) is 12.1. The fourth-order valence-corrected chi connectivity index (χ4v) is 3.22. The van der Waals surface area contributed by atoms with Gasteiger partial charge in [0, 0.05) is 23.8 Å². The zero-order valence-corrected chi connectivity index (χ0v) is 15.1. The van der Waals surface area contributed by atoms with Crippen molar-refractivity contribution in [3.05, 3.63) is 71.4 Å². The van der Waals surface area contributed by atoms with Crippen LogP contribution in [0.3, 0.4) is 0 Å². The number of aryl methyl sites for hydroxylation is 1. The predicted octanol–water partition coefficient (Wildman–Crippen LogP) is 3.27. The number of carbonyl (C=O) groups excluding carboxylic acids is 1. The maximum atomic E-state index is 11.8. The van der Waals surface area contributed by atoms with Crippen molar-refractivity contribution in [1.82, 2.24) is 10.3 Å². The molecule has 1 atom stereocenters. The number of anilines is 1. The van der Waals surface area contributed by atoms with Gasteiger partial charge in [-0.2, -0.15) is 0 Å². The second-order valence-corrected chi connectivity index (χ2v) is 6.24. The van der Waals surface area contributed by atoms with Gasteiger partial charge in [0.1, 0.15) is 0 Å². The molecule has 0 fully saturated rings. The SMILES string of the molecule is CCc1cnc2c(C(N)=O)cccc2c1NC(CNC)c1ccccc1. The molecule has 5 nitrogen and oxygen atoms in total. The number of nitrogens with zero attached hydrogens (tertiary/aromatic N) is 1. The molecular weight excluding hydrogens is 324 g/mol. The topological polar surface area (TPSA) is 80.0 Å². The summed E-state index contributed by atoms with van der Waals surface area (Å²) in [7, 11) is 1.94. The Morgan fingerprint density at radius 2 is 1.92 bits per heavy atom. The van der Waals surface area contributed by atoms with Crippen molar-refractivity contribution in [3.8, 4) is 0 Å². The van der Waals surface area contributed by atoms with Crippen LogP contribution in [0.1, 0.15) is 34.5 Å². The molecule has 26 heavy (non-hydrogen) atoms. The summed E-state index contributed by atoms with van der Waals surface area (Å²) in [5.41, 5.74) is 9.92. The number of rotatable bonds is 7. The van der Waals surface area contributed by atoms with Gasteiger partial charge in [0.25, 0.3) is 5.91 Å². The maximum Gasteiger partial charge on any atom is 0.250 e. The molecule has 1 aromatic heterocycles. The Morgan fingerprint density at radius 3 is 2.58 bits per heavy atom. The minimum Gasteiger partial charge on any atom is -0.376 e. The standard InChI is InChI=1S/C21H24N4O/c1-3-14-12-24-20-16(10-7-11-17(20)21(22)26)19(14)25-18(13-23-2)15-8-5-4-6-9-15/h4-12,18,23H,3,13H2,1-2H3,(H2,22,26)(H,24,25). The monoisotopic (exact) mass is 348 g/mol. The summed E-state index contributed by atoms with van der Waals surface area (Å²) in [5.74, 6) is -0.465. The number of likely N-dealkylation sites (N-methyl/N-ethyl adjacent to an activating group) is 1. The van der Waals surface area contributed by atoms with Crippen molar-refractivity contribution >= 4 is 22.5 Å². The van der Waals surface area contributed by atoms with E-state index in [1.165, 1.54) is 5.56 Å². The molecule has 1 heterocycles. The molecule has 0 aliphatic carbocycles. The molecule has 4 N–H and O–H groups in total. The Labute approximate surface area is 153 Å². The van der Waals surface area contributed by atoms with Gasteiger partial charge in [0.15, 0.2) is 0 Å². The minimum atomic E-state index is -0.465. The van der Waals surface area contributed by atoms with E-state index in [4.69, 9.17) is 5.73 Å². The highest BCUT2D eigenvalue weighted by Gasteiger charge is 2.17. The van der Waals surface area contributed by atoms with Crippen molar-refractivity contribution in [2.24, 2.45) is 5.73 Å². The number of pyridine rings is 1. The summed E-state index contributed by atoms with van der Waals surface area (Å²) in [4.78, 5) is 16.3.